The fourth-order valence-electron chi connectivity index (χ4n) is 5.24. The van der Waals surface area contributed by atoms with Crippen LogP contribution in [0.5, 0.6) is 5.75 Å². The van der Waals surface area contributed by atoms with Gasteiger partial charge in [0.25, 0.3) is 10.1 Å². The van der Waals surface area contributed by atoms with Crippen molar-refractivity contribution in [2.24, 2.45) is 13.0 Å². The highest BCUT2D eigenvalue weighted by molar-refractivity contribution is 7.86. The summed E-state index contributed by atoms with van der Waals surface area (Å²) < 4.78 is 48.6. The lowest BCUT2D eigenvalue weighted by atomic mass is 9.87. The molecular weight excluding hydrogens is 626 g/mol. The van der Waals surface area contributed by atoms with Gasteiger partial charge in [0.1, 0.15) is 23.7 Å². The number of aryl methyl sites for hydroxylation is 3. The first kappa shape index (κ1) is 35.8. The molecule has 0 aliphatic heterocycles. The van der Waals surface area contributed by atoms with Gasteiger partial charge in [-0.3, -0.25) is 8.98 Å². The number of ether oxygens (including phenoxy) is 3. The molecule has 1 aliphatic carbocycles. The minimum atomic E-state index is -3.83. The molecule has 0 radical (unpaired) electrons. The molecule has 1 fully saturated rings. The van der Waals surface area contributed by atoms with Crippen molar-refractivity contribution in [2.75, 3.05) is 20.2 Å². The number of carbonyl (C=O) groups excluding carboxylic acids is 2. The molecule has 0 N–H and O–H groups in total. The Bertz CT molecular complexity index is 1620. The molecule has 47 heavy (non-hydrogen) atoms. The van der Waals surface area contributed by atoms with E-state index in [-0.39, 0.29) is 42.2 Å². The van der Waals surface area contributed by atoms with E-state index >= 15 is 0 Å². The Morgan fingerprint density at radius 1 is 1.06 bits per heavy atom. The highest BCUT2D eigenvalue weighted by Crippen LogP contribution is 2.31. The van der Waals surface area contributed by atoms with Gasteiger partial charge in [-0.1, -0.05) is 22.9 Å². The molecule has 13 nitrogen and oxygen atoms in total. The Kier molecular flexibility index (Phi) is 12.3. The lowest BCUT2D eigenvalue weighted by Gasteiger charge is -2.29. The number of esters is 1. The van der Waals surface area contributed by atoms with Gasteiger partial charge in [-0.2, -0.15) is 8.42 Å². The van der Waals surface area contributed by atoms with Gasteiger partial charge < -0.3 is 19.1 Å². The molecule has 0 saturated heterocycles. The number of nitrogens with zero attached hydrogens (tertiary/aromatic N) is 5. The van der Waals surface area contributed by atoms with Crippen molar-refractivity contribution < 1.29 is 36.4 Å². The molecule has 2 atom stereocenters. The van der Waals surface area contributed by atoms with E-state index in [2.05, 4.69) is 10.3 Å². The van der Waals surface area contributed by atoms with Gasteiger partial charge >= 0.3 is 12.1 Å². The van der Waals surface area contributed by atoms with Gasteiger partial charge in [0.2, 0.25) is 0 Å². The van der Waals surface area contributed by atoms with Crippen molar-refractivity contribution in [3.63, 3.8) is 0 Å². The molecule has 2 aromatic heterocycles. The maximum atomic E-state index is 12.7. The quantitative estimate of drug-likeness (QED) is 0.127. The fraction of sp³-hybridized carbons (Fsp3) is 0.545. The molecule has 14 heteroatoms. The van der Waals surface area contributed by atoms with Crippen molar-refractivity contribution in [1.29, 1.82) is 0 Å². The highest BCUT2D eigenvalue weighted by atomic mass is 32.2. The third-order valence-electron chi connectivity index (χ3n) is 7.91. The molecule has 2 heterocycles. The van der Waals surface area contributed by atoms with Gasteiger partial charge in [-0.25, -0.2) is 14.5 Å². The summed E-state index contributed by atoms with van der Waals surface area (Å²) in [6.07, 6.45) is 3.31. The van der Waals surface area contributed by atoms with Crippen LogP contribution in [0.2, 0.25) is 0 Å². The van der Waals surface area contributed by atoms with E-state index in [0.717, 1.165) is 24.8 Å². The summed E-state index contributed by atoms with van der Waals surface area (Å²) >= 11 is 0. The monoisotopic (exact) mass is 671 g/mol. The number of carbonyl (C=O) groups is 2. The van der Waals surface area contributed by atoms with Crippen LogP contribution in [0.1, 0.15) is 69.3 Å². The molecule has 1 saturated carbocycles. The number of amides is 1. The number of benzene rings is 1. The largest absolute Gasteiger partial charge is 0.489 e. The lowest BCUT2D eigenvalue weighted by Crippen LogP contribution is -2.31. The van der Waals surface area contributed by atoms with E-state index < -0.39 is 16.2 Å². The number of hydrogen-bond acceptors (Lipinski definition) is 11. The van der Waals surface area contributed by atoms with Crippen LogP contribution in [0.4, 0.5) is 4.79 Å². The molecule has 0 bridgehead atoms. The maximum Gasteiger partial charge on any atom is 0.409 e. The molecule has 1 aromatic carbocycles. The first-order valence-corrected chi connectivity index (χ1v) is 17.3. The minimum absolute atomic E-state index is 0.00744. The van der Waals surface area contributed by atoms with E-state index in [9.17, 15) is 18.0 Å². The van der Waals surface area contributed by atoms with Crippen molar-refractivity contribution >= 4 is 22.2 Å². The number of pyridine rings is 1. The van der Waals surface area contributed by atoms with Gasteiger partial charge in [0.05, 0.1) is 41.0 Å². The second-order valence-corrected chi connectivity index (χ2v) is 13.8. The molecular formula is C33H45N5O8S. The second kappa shape index (κ2) is 16.2. The lowest BCUT2D eigenvalue weighted by molar-refractivity contribution is -0.154. The number of aromatic nitrogens is 4. The van der Waals surface area contributed by atoms with Gasteiger partial charge in [0.15, 0.2) is 0 Å². The molecule has 1 aliphatic rings. The minimum Gasteiger partial charge on any atom is -0.489 e. The third kappa shape index (κ3) is 9.97. The summed E-state index contributed by atoms with van der Waals surface area (Å²) in [6, 6.07) is 10.1. The van der Waals surface area contributed by atoms with Crippen molar-refractivity contribution in [3.05, 3.63) is 53.3 Å². The Labute approximate surface area is 276 Å². The van der Waals surface area contributed by atoms with Gasteiger partial charge in [0, 0.05) is 20.6 Å². The Hall–Kier alpha value is -4.04. The molecule has 4 rings (SSSR count). The summed E-state index contributed by atoms with van der Waals surface area (Å²) in [4.78, 5) is 31.4. The van der Waals surface area contributed by atoms with Crippen molar-refractivity contribution in [2.45, 2.75) is 89.9 Å². The fourth-order valence-corrected chi connectivity index (χ4v) is 6.18. The molecule has 0 spiro atoms. The number of hydrogen-bond donors (Lipinski definition) is 0. The summed E-state index contributed by atoms with van der Waals surface area (Å²) in [5, 5.41) is 8.36. The van der Waals surface area contributed by atoms with Gasteiger partial charge in [-0.05, 0) is 90.5 Å². The normalized spacial score (nSPS) is 16.6. The smallest absolute Gasteiger partial charge is 0.409 e. The molecule has 0 unspecified atom stereocenters. The standard InChI is InChI=1S/C33H45N5O8S/c1-22(2)45-32(39)25-10-9-11-26(20-25)46-30-17-16-28(34-24(30)4)31-29(38(6)36-35-31)21-43-33(40)37(5)18-7-8-19-44-47(41,42)27-14-12-23(3)13-15-27/h12-17,22,25-26H,7-11,18-21H2,1-6H3/t25-,26-/m0/s1. The Morgan fingerprint density at radius 2 is 1.81 bits per heavy atom. The average molecular weight is 672 g/mol. The van der Waals surface area contributed by atoms with E-state index in [4.69, 9.17) is 23.4 Å². The maximum absolute atomic E-state index is 12.7. The van der Waals surface area contributed by atoms with E-state index in [1.165, 1.54) is 21.7 Å². The molecule has 256 valence electrons. The number of unbranched alkanes of at least 4 members (excludes halogenated alkanes) is 1. The van der Waals surface area contributed by atoms with E-state index in [1.807, 2.05) is 33.8 Å². The zero-order chi connectivity index (χ0) is 34.1. The van der Waals surface area contributed by atoms with Crippen molar-refractivity contribution in [1.82, 2.24) is 24.9 Å². The van der Waals surface area contributed by atoms with Crippen LogP contribution in [0.3, 0.4) is 0 Å². The second-order valence-electron chi connectivity index (χ2n) is 12.1. The van der Waals surface area contributed by atoms with E-state index in [1.54, 1.807) is 32.3 Å². The summed E-state index contributed by atoms with van der Waals surface area (Å²) in [7, 11) is -0.505. The van der Waals surface area contributed by atoms with Crippen LogP contribution in [-0.4, -0.2) is 77.8 Å². The summed E-state index contributed by atoms with van der Waals surface area (Å²) in [6.45, 7) is 7.71. The SMILES string of the molecule is Cc1ccc(S(=O)(=O)OCCCCN(C)C(=O)OCc2c(-c3ccc(O[C@H]4CCC[C@H](C(=O)OC(C)C)C4)c(C)n3)nnn2C)cc1. The van der Waals surface area contributed by atoms with Crippen LogP contribution in [0.25, 0.3) is 11.4 Å². The van der Waals surface area contributed by atoms with E-state index in [0.29, 0.717) is 54.3 Å². The Balaban J connectivity index is 1.26. The van der Waals surface area contributed by atoms with Crippen LogP contribution in [-0.2, 0) is 42.2 Å². The first-order chi connectivity index (χ1) is 22.3. The van der Waals surface area contributed by atoms with Gasteiger partial charge in [-0.15, -0.1) is 5.10 Å². The zero-order valence-electron chi connectivity index (χ0n) is 28.0. The molecule has 1 amide bonds. The zero-order valence-corrected chi connectivity index (χ0v) is 28.8. The predicted octanol–water partition coefficient (Wildman–Crippen LogP) is 5.14. The third-order valence-corrected chi connectivity index (χ3v) is 9.23. The predicted molar refractivity (Wildman–Crippen MR) is 173 cm³/mol. The first-order valence-electron chi connectivity index (χ1n) is 15.9. The molecule has 3 aromatic rings. The average Bonchev–Trinajstić information content (AvgIpc) is 3.40. The van der Waals surface area contributed by atoms with Crippen LogP contribution < -0.4 is 4.74 Å². The summed E-state index contributed by atoms with van der Waals surface area (Å²) in [5.41, 5.74) is 3.24. The highest BCUT2D eigenvalue weighted by Gasteiger charge is 2.30. The van der Waals surface area contributed by atoms with Crippen LogP contribution >= 0.6 is 0 Å². The Morgan fingerprint density at radius 3 is 2.51 bits per heavy atom. The van der Waals surface area contributed by atoms with Crippen LogP contribution in [0, 0.1) is 19.8 Å². The van der Waals surface area contributed by atoms with Crippen molar-refractivity contribution in [3.8, 4) is 17.1 Å². The topological polar surface area (TPSA) is 152 Å². The summed E-state index contributed by atoms with van der Waals surface area (Å²) in [5.74, 6) is 0.292. The van der Waals surface area contributed by atoms with Crippen LogP contribution in [0.15, 0.2) is 41.3 Å². The number of rotatable bonds is 14.